The average Bonchev–Trinajstić information content (AvgIpc) is 2.79. The highest BCUT2D eigenvalue weighted by Gasteiger charge is 2.20. The van der Waals surface area contributed by atoms with Gasteiger partial charge in [0.15, 0.2) is 0 Å². The van der Waals surface area contributed by atoms with E-state index in [1.165, 1.54) is 25.4 Å². The number of nitrogens with zero attached hydrogens (tertiary/aromatic N) is 1. The van der Waals surface area contributed by atoms with E-state index in [1.54, 1.807) is 0 Å². The molecule has 0 aliphatic heterocycles. The molecule has 0 fully saturated rings. The summed E-state index contributed by atoms with van der Waals surface area (Å²) in [6, 6.07) is 3.28. The highest BCUT2D eigenvalue weighted by Crippen LogP contribution is 2.20. The lowest BCUT2D eigenvalue weighted by Gasteiger charge is -2.08. The number of H-pyrrole nitrogens is 1. The zero-order valence-corrected chi connectivity index (χ0v) is 11.2. The minimum Gasteiger partial charge on any atom is -0.330 e. The molecule has 1 aromatic carbocycles. The maximum atomic E-state index is 13.8. The van der Waals surface area contributed by atoms with Gasteiger partial charge in [-0.2, -0.15) is 0 Å². The Hall–Kier alpha value is -2.42. The molecule has 0 saturated carbocycles. The summed E-state index contributed by atoms with van der Waals surface area (Å²) in [6.07, 6.45) is 2.78. The number of hydrogen-bond donors (Lipinski definition) is 3. The first-order chi connectivity index (χ1) is 9.38. The van der Waals surface area contributed by atoms with Gasteiger partial charge in [0.25, 0.3) is 10.0 Å². The van der Waals surface area contributed by atoms with Gasteiger partial charge in [-0.3, -0.25) is 4.79 Å². The molecule has 106 valence electrons. The van der Waals surface area contributed by atoms with Crippen LogP contribution in [0.5, 0.6) is 0 Å². The van der Waals surface area contributed by atoms with Crippen molar-refractivity contribution < 1.29 is 17.6 Å². The van der Waals surface area contributed by atoms with Crippen LogP contribution in [0.25, 0.3) is 0 Å². The van der Waals surface area contributed by atoms with Crippen LogP contribution in [0.1, 0.15) is 6.92 Å². The Morgan fingerprint density at radius 1 is 1.40 bits per heavy atom. The van der Waals surface area contributed by atoms with Gasteiger partial charge in [0, 0.05) is 25.0 Å². The SMILES string of the molecule is CC(=O)Nc1ccc(S(=O)(=O)Nc2ncc[nH]2)c(F)c1. The summed E-state index contributed by atoms with van der Waals surface area (Å²) in [7, 11) is -4.09. The molecule has 0 unspecified atom stereocenters. The third-order valence-corrected chi connectivity index (χ3v) is 3.64. The van der Waals surface area contributed by atoms with Crippen LogP contribution < -0.4 is 10.0 Å². The fourth-order valence-electron chi connectivity index (χ4n) is 1.50. The molecular weight excluding hydrogens is 287 g/mol. The maximum Gasteiger partial charge on any atom is 0.267 e. The van der Waals surface area contributed by atoms with Crippen molar-refractivity contribution >= 4 is 27.6 Å². The molecule has 3 N–H and O–H groups in total. The number of aromatic amines is 1. The van der Waals surface area contributed by atoms with Crippen molar-refractivity contribution in [2.45, 2.75) is 11.8 Å². The van der Waals surface area contributed by atoms with Gasteiger partial charge in [-0.1, -0.05) is 0 Å². The summed E-state index contributed by atoms with van der Waals surface area (Å²) in [5.74, 6) is -1.38. The minimum absolute atomic E-state index is 0.0182. The quantitative estimate of drug-likeness (QED) is 0.791. The Morgan fingerprint density at radius 3 is 2.70 bits per heavy atom. The molecule has 1 aromatic heterocycles. The zero-order valence-electron chi connectivity index (χ0n) is 10.3. The van der Waals surface area contributed by atoms with Crippen molar-refractivity contribution in [3.05, 3.63) is 36.4 Å². The highest BCUT2D eigenvalue weighted by molar-refractivity contribution is 7.92. The second-order valence-corrected chi connectivity index (χ2v) is 5.52. The Kier molecular flexibility index (Phi) is 3.70. The van der Waals surface area contributed by atoms with Crippen LogP contribution in [0.2, 0.25) is 0 Å². The normalized spacial score (nSPS) is 11.1. The van der Waals surface area contributed by atoms with E-state index in [2.05, 4.69) is 20.0 Å². The van der Waals surface area contributed by atoms with E-state index >= 15 is 0 Å². The molecule has 2 rings (SSSR count). The van der Waals surface area contributed by atoms with E-state index in [0.717, 1.165) is 12.1 Å². The van der Waals surface area contributed by atoms with Crippen LogP contribution in [0, 0.1) is 5.82 Å². The summed E-state index contributed by atoms with van der Waals surface area (Å²) < 4.78 is 39.8. The predicted molar refractivity (Wildman–Crippen MR) is 70.1 cm³/mol. The molecule has 2 aromatic rings. The fourth-order valence-corrected chi connectivity index (χ4v) is 2.54. The molecule has 1 amide bonds. The molecule has 0 spiro atoms. The largest absolute Gasteiger partial charge is 0.330 e. The molecule has 9 heteroatoms. The van der Waals surface area contributed by atoms with E-state index in [4.69, 9.17) is 0 Å². The molecule has 0 aliphatic rings. The summed E-state index contributed by atoms with van der Waals surface area (Å²) in [5, 5.41) is 2.36. The van der Waals surface area contributed by atoms with Gasteiger partial charge in [-0.05, 0) is 18.2 Å². The van der Waals surface area contributed by atoms with Gasteiger partial charge in [-0.15, -0.1) is 0 Å². The Bertz CT molecular complexity index is 728. The second kappa shape index (κ2) is 5.29. The van der Waals surface area contributed by atoms with Crippen LogP contribution in [0.3, 0.4) is 0 Å². The van der Waals surface area contributed by atoms with Crippen LogP contribution in [-0.2, 0) is 14.8 Å². The number of carbonyl (C=O) groups excluding carboxylic acids is 1. The number of amides is 1. The second-order valence-electron chi connectivity index (χ2n) is 3.87. The number of hydrogen-bond acceptors (Lipinski definition) is 4. The van der Waals surface area contributed by atoms with E-state index < -0.39 is 20.7 Å². The number of benzene rings is 1. The topological polar surface area (TPSA) is 104 Å². The number of carbonyl (C=O) groups is 1. The average molecular weight is 298 g/mol. The van der Waals surface area contributed by atoms with E-state index in [-0.39, 0.29) is 17.5 Å². The number of imidazole rings is 1. The first-order valence-electron chi connectivity index (χ1n) is 5.48. The molecule has 7 nitrogen and oxygen atoms in total. The van der Waals surface area contributed by atoms with Crippen molar-refractivity contribution in [3.8, 4) is 0 Å². The third kappa shape index (κ3) is 3.12. The Labute approximate surface area is 114 Å². The lowest BCUT2D eigenvalue weighted by Crippen LogP contribution is -2.16. The zero-order chi connectivity index (χ0) is 14.8. The van der Waals surface area contributed by atoms with Crippen molar-refractivity contribution in [2.75, 3.05) is 10.0 Å². The lowest BCUT2D eigenvalue weighted by molar-refractivity contribution is -0.114. The van der Waals surface area contributed by atoms with Gasteiger partial charge in [-0.25, -0.2) is 22.5 Å². The standard InChI is InChI=1S/C11H11FN4O3S/c1-7(17)15-8-2-3-10(9(12)6-8)20(18,19)16-11-13-4-5-14-11/h2-6H,1H3,(H,15,17)(H2,13,14,16). The summed E-state index contributed by atoms with van der Waals surface area (Å²) in [5.41, 5.74) is 0.173. The van der Waals surface area contributed by atoms with E-state index in [1.807, 2.05) is 0 Å². The first kappa shape index (κ1) is 14.0. The summed E-state index contributed by atoms with van der Waals surface area (Å²) >= 11 is 0. The molecule has 20 heavy (non-hydrogen) atoms. The van der Waals surface area contributed by atoms with Crippen LogP contribution in [0.4, 0.5) is 16.0 Å². The minimum atomic E-state index is -4.09. The van der Waals surface area contributed by atoms with E-state index in [9.17, 15) is 17.6 Å². The molecule has 1 heterocycles. The van der Waals surface area contributed by atoms with Gasteiger partial charge >= 0.3 is 0 Å². The number of halogens is 1. The highest BCUT2D eigenvalue weighted by atomic mass is 32.2. The van der Waals surface area contributed by atoms with Gasteiger partial charge in [0.1, 0.15) is 10.7 Å². The van der Waals surface area contributed by atoms with Gasteiger partial charge in [0.2, 0.25) is 11.9 Å². The number of nitrogens with one attached hydrogen (secondary N) is 3. The third-order valence-electron chi connectivity index (χ3n) is 2.27. The number of sulfonamides is 1. The maximum absolute atomic E-state index is 13.8. The molecule has 0 atom stereocenters. The molecule has 0 bridgehead atoms. The number of aromatic nitrogens is 2. The fraction of sp³-hybridized carbons (Fsp3) is 0.0909. The predicted octanol–water partition coefficient (Wildman–Crippen LogP) is 1.31. The monoisotopic (exact) mass is 298 g/mol. The molecule has 0 aliphatic carbocycles. The number of rotatable bonds is 4. The molecule has 0 saturated heterocycles. The van der Waals surface area contributed by atoms with Crippen LogP contribution >= 0.6 is 0 Å². The van der Waals surface area contributed by atoms with Gasteiger partial charge in [0.05, 0.1) is 0 Å². The van der Waals surface area contributed by atoms with Crippen molar-refractivity contribution in [3.63, 3.8) is 0 Å². The van der Waals surface area contributed by atoms with Crippen molar-refractivity contribution in [1.82, 2.24) is 9.97 Å². The van der Waals surface area contributed by atoms with Crippen molar-refractivity contribution in [2.24, 2.45) is 0 Å². The lowest BCUT2D eigenvalue weighted by atomic mass is 10.3. The summed E-state index contributed by atoms with van der Waals surface area (Å²) in [4.78, 5) is 16.5. The van der Waals surface area contributed by atoms with Crippen LogP contribution in [0.15, 0.2) is 35.5 Å². The van der Waals surface area contributed by atoms with Crippen LogP contribution in [-0.4, -0.2) is 24.3 Å². The Balaban J connectivity index is 2.30. The summed E-state index contributed by atoms with van der Waals surface area (Å²) in [6.45, 7) is 1.26. The number of anilines is 2. The molecule has 0 radical (unpaired) electrons. The van der Waals surface area contributed by atoms with E-state index in [0.29, 0.717) is 0 Å². The first-order valence-corrected chi connectivity index (χ1v) is 6.96. The molecular formula is C11H11FN4O3S. The van der Waals surface area contributed by atoms with Gasteiger partial charge < -0.3 is 10.3 Å². The van der Waals surface area contributed by atoms with Crippen molar-refractivity contribution in [1.29, 1.82) is 0 Å². The Morgan fingerprint density at radius 2 is 2.15 bits per heavy atom. The smallest absolute Gasteiger partial charge is 0.267 e.